The van der Waals surface area contributed by atoms with Gasteiger partial charge in [-0.2, -0.15) is 0 Å². The van der Waals surface area contributed by atoms with Crippen molar-refractivity contribution in [3.8, 4) is 5.75 Å². The van der Waals surface area contributed by atoms with Gasteiger partial charge in [-0.15, -0.1) is 6.58 Å². The molecule has 1 fully saturated rings. The lowest BCUT2D eigenvalue weighted by Gasteiger charge is -2.29. The van der Waals surface area contributed by atoms with Gasteiger partial charge in [-0.1, -0.05) is 50.3 Å². The molecule has 1 unspecified atom stereocenters. The van der Waals surface area contributed by atoms with Gasteiger partial charge in [0.2, 0.25) is 0 Å². The van der Waals surface area contributed by atoms with Crippen LogP contribution in [0.2, 0.25) is 0 Å². The molecule has 1 aliphatic rings. The highest BCUT2D eigenvalue weighted by Gasteiger charge is 2.22. The first kappa shape index (κ1) is 13.2. The van der Waals surface area contributed by atoms with Crippen LogP contribution in [-0.4, -0.2) is 5.11 Å². The minimum Gasteiger partial charge on any atom is -0.508 e. The highest BCUT2D eigenvalue weighted by molar-refractivity contribution is 5.26. The zero-order valence-electron chi connectivity index (χ0n) is 11.1. The topological polar surface area (TPSA) is 20.2 Å². The molecular formula is C17H24O. The molecule has 18 heavy (non-hydrogen) atoms. The normalized spacial score (nSPS) is 18.4. The van der Waals surface area contributed by atoms with Gasteiger partial charge in [-0.3, -0.25) is 0 Å². The number of hydrogen-bond acceptors (Lipinski definition) is 1. The molecule has 0 bridgehead atoms. The van der Waals surface area contributed by atoms with Gasteiger partial charge in [0.15, 0.2) is 0 Å². The van der Waals surface area contributed by atoms with E-state index in [1.165, 1.54) is 37.7 Å². The molecule has 0 aromatic heterocycles. The maximum Gasteiger partial charge on any atom is 0.115 e. The summed E-state index contributed by atoms with van der Waals surface area (Å²) in [6.45, 7) is 3.91. The Hall–Kier alpha value is -1.24. The number of allylic oxidation sites excluding steroid dienone is 1. The van der Waals surface area contributed by atoms with Crippen molar-refractivity contribution in [3.05, 3.63) is 42.5 Å². The average Bonchev–Trinajstić information content (AvgIpc) is 2.42. The molecular weight excluding hydrogens is 220 g/mol. The Kier molecular flexibility index (Phi) is 4.86. The van der Waals surface area contributed by atoms with Crippen molar-refractivity contribution >= 4 is 0 Å². The van der Waals surface area contributed by atoms with Gasteiger partial charge in [0, 0.05) is 0 Å². The SMILES string of the molecule is C=CCC(Cc1ccc(O)cc1)C1CCCCC1. The van der Waals surface area contributed by atoms with E-state index in [1.54, 1.807) is 12.1 Å². The minimum absolute atomic E-state index is 0.358. The molecule has 0 heterocycles. The summed E-state index contributed by atoms with van der Waals surface area (Å²) in [5.41, 5.74) is 1.34. The van der Waals surface area contributed by atoms with Crippen LogP contribution in [-0.2, 0) is 6.42 Å². The largest absolute Gasteiger partial charge is 0.508 e. The predicted octanol–water partition coefficient (Wildman–Crippen LogP) is 4.71. The van der Waals surface area contributed by atoms with Crippen LogP contribution in [0.1, 0.15) is 44.1 Å². The number of phenols is 1. The number of phenolic OH excluding ortho intramolecular Hbond substituents is 1. The van der Waals surface area contributed by atoms with Crippen molar-refractivity contribution in [1.29, 1.82) is 0 Å². The van der Waals surface area contributed by atoms with Crippen LogP contribution in [0, 0.1) is 11.8 Å². The lowest BCUT2D eigenvalue weighted by atomic mass is 9.76. The van der Waals surface area contributed by atoms with Crippen molar-refractivity contribution in [2.75, 3.05) is 0 Å². The van der Waals surface area contributed by atoms with Gasteiger partial charge in [0.1, 0.15) is 5.75 Å². The molecule has 0 spiro atoms. The zero-order valence-corrected chi connectivity index (χ0v) is 11.1. The van der Waals surface area contributed by atoms with Gasteiger partial charge in [-0.25, -0.2) is 0 Å². The first-order valence-electron chi connectivity index (χ1n) is 7.18. The van der Waals surface area contributed by atoms with E-state index in [0.717, 1.165) is 24.7 Å². The fraction of sp³-hybridized carbons (Fsp3) is 0.529. The summed E-state index contributed by atoms with van der Waals surface area (Å²) in [5.74, 6) is 1.95. The predicted molar refractivity (Wildman–Crippen MR) is 76.7 cm³/mol. The summed E-state index contributed by atoms with van der Waals surface area (Å²) in [4.78, 5) is 0. The zero-order chi connectivity index (χ0) is 12.8. The van der Waals surface area contributed by atoms with Gasteiger partial charge >= 0.3 is 0 Å². The van der Waals surface area contributed by atoms with Crippen LogP contribution in [0.25, 0.3) is 0 Å². The van der Waals surface area contributed by atoms with Crippen LogP contribution < -0.4 is 0 Å². The van der Waals surface area contributed by atoms with E-state index in [2.05, 4.69) is 12.7 Å². The highest BCUT2D eigenvalue weighted by atomic mass is 16.3. The molecule has 1 nitrogen and oxygen atoms in total. The van der Waals surface area contributed by atoms with Crippen molar-refractivity contribution in [2.24, 2.45) is 11.8 Å². The van der Waals surface area contributed by atoms with Gasteiger partial charge in [0.25, 0.3) is 0 Å². The second-order valence-electron chi connectivity index (χ2n) is 5.55. The number of aromatic hydroxyl groups is 1. The first-order chi connectivity index (χ1) is 8.79. The molecule has 0 aliphatic heterocycles. The Morgan fingerprint density at radius 3 is 2.44 bits per heavy atom. The molecule has 1 atom stereocenters. The van der Waals surface area contributed by atoms with E-state index in [9.17, 15) is 5.11 Å². The minimum atomic E-state index is 0.358. The van der Waals surface area contributed by atoms with Gasteiger partial charge in [-0.05, 0) is 42.4 Å². The monoisotopic (exact) mass is 244 g/mol. The summed E-state index contributed by atoms with van der Waals surface area (Å²) in [6, 6.07) is 7.69. The second kappa shape index (κ2) is 6.63. The van der Waals surface area contributed by atoms with Crippen LogP contribution in [0.5, 0.6) is 5.75 Å². The Morgan fingerprint density at radius 2 is 1.83 bits per heavy atom. The van der Waals surface area contributed by atoms with Crippen LogP contribution in [0.15, 0.2) is 36.9 Å². The van der Waals surface area contributed by atoms with E-state index in [0.29, 0.717) is 5.75 Å². The fourth-order valence-corrected chi connectivity index (χ4v) is 3.20. The average molecular weight is 244 g/mol. The van der Waals surface area contributed by atoms with E-state index in [4.69, 9.17) is 0 Å². The lowest BCUT2D eigenvalue weighted by Crippen LogP contribution is -2.19. The summed E-state index contributed by atoms with van der Waals surface area (Å²) in [7, 11) is 0. The molecule has 1 aromatic carbocycles. The van der Waals surface area contributed by atoms with Crippen molar-refractivity contribution < 1.29 is 5.11 Å². The molecule has 0 saturated heterocycles. The summed E-state index contributed by atoms with van der Waals surface area (Å²) in [5, 5.41) is 9.33. The molecule has 1 N–H and O–H groups in total. The molecule has 0 amide bonds. The number of hydrogen-bond donors (Lipinski definition) is 1. The van der Waals surface area contributed by atoms with E-state index < -0.39 is 0 Å². The third-order valence-corrected chi connectivity index (χ3v) is 4.22. The Labute approximate surface area is 111 Å². The summed E-state index contributed by atoms with van der Waals surface area (Å²) in [6.07, 6.45) is 11.3. The van der Waals surface area contributed by atoms with E-state index >= 15 is 0 Å². The van der Waals surface area contributed by atoms with Gasteiger partial charge in [0.05, 0.1) is 0 Å². The third kappa shape index (κ3) is 3.63. The molecule has 98 valence electrons. The summed E-state index contributed by atoms with van der Waals surface area (Å²) >= 11 is 0. The lowest BCUT2D eigenvalue weighted by molar-refractivity contribution is 0.247. The maximum absolute atomic E-state index is 9.33. The van der Waals surface area contributed by atoms with Crippen LogP contribution in [0.4, 0.5) is 0 Å². The molecule has 1 aromatic rings. The number of benzene rings is 1. The smallest absolute Gasteiger partial charge is 0.115 e. The van der Waals surface area contributed by atoms with E-state index in [-0.39, 0.29) is 0 Å². The van der Waals surface area contributed by atoms with Crippen molar-refractivity contribution in [3.63, 3.8) is 0 Å². The molecule has 1 heteroatoms. The first-order valence-corrected chi connectivity index (χ1v) is 7.18. The fourth-order valence-electron chi connectivity index (χ4n) is 3.20. The molecule has 0 radical (unpaired) electrons. The van der Waals surface area contributed by atoms with Crippen molar-refractivity contribution in [2.45, 2.75) is 44.9 Å². The van der Waals surface area contributed by atoms with Gasteiger partial charge < -0.3 is 5.11 Å². The third-order valence-electron chi connectivity index (χ3n) is 4.22. The van der Waals surface area contributed by atoms with Crippen LogP contribution in [0.3, 0.4) is 0 Å². The molecule has 1 saturated carbocycles. The Balaban J connectivity index is 2.00. The Morgan fingerprint density at radius 1 is 1.17 bits per heavy atom. The maximum atomic E-state index is 9.33. The molecule has 1 aliphatic carbocycles. The van der Waals surface area contributed by atoms with E-state index in [1.807, 2.05) is 12.1 Å². The number of rotatable bonds is 5. The summed E-state index contributed by atoms with van der Waals surface area (Å²) < 4.78 is 0. The van der Waals surface area contributed by atoms with Crippen LogP contribution >= 0.6 is 0 Å². The quantitative estimate of drug-likeness (QED) is 0.744. The highest BCUT2D eigenvalue weighted by Crippen LogP contribution is 2.34. The Bertz CT molecular complexity index is 360. The van der Waals surface area contributed by atoms with Crippen molar-refractivity contribution in [1.82, 2.24) is 0 Å². The molecule has 2 rings (SSSR count). The second-order valence-corrected chi connectivity index (χ2v) is 5.55. The standard InChI is InChI=1S/C17H24O/c1-2-6-16(15-7-4-3-5-8-15)13-14-9-11-17(18)12-10-14/h2,9-12,15-16,18H,1,3-8,13H2.